The van der Waals surface area contributed by atoms with Gasteiger partial charge in [0.15, 0.2) is 0 Å². The van der Waals surface area contributed by atoms with E-state index < -0.39 is 18.0 Å². The van der Waals surface area contributed by atoms with Gasteiger partial charge in [-0.3, -0.25) is 4.98 Å². The summed E-state index contributed by atoms with van der Waals surface area (Å²) in [7, 11) is 0. The number of hydrogen-bond acceptors (Lipinski definition) is 5. The van der Waals surface area contributed by atoms with Gasteiger partial charge >= 0.3 is 6.61 Å². The van der Waals surface area contributed by atoms with E-state index in [-0.39, 0.29) is 11.7 Å². The van der Waals surface area contributed by atoms with Crippen molar-refractivity contribution in [2.45, 2.75) is 43.8 Å². The number of ether oxygens (including phenoxy) is 2. The zero-order valence-corrected chi connectivity index (χ0v) is 19.3. The molecule has 1 aliphatic heterocycles. The molecule has 0 bridgehead atoms. The smallest absolute Gasteiger partial charge is 0.387 e. The summed E-state index contributed by atoms with van der Waals surface area (Å²) in [6, 6.07) is 11.6. The molecule has 0 unspecified atom stereocenters. The topological polar surface area (TPSA) is 68.9 Å². The first-order valence-corrected chi connectivity index (χ1v) is 11.9. The Morgan fingerprint density at radius 3 is 2.69 bits per heavy atom. The minimum Gasteiger partial charge on any atom is -0.435 e. The van der Waals surface area contributed by atoms with Crippen LogP contribution in [0.2, 0.25) is 0 Å². The Hall–Kier alpha value is -3.43. The molecular weight excluding hydrogens is 471 g/mol. The van der Waals surface area contributed by atoms with Crippen molar-refractivity contribution in [3.8, 4) is 16.9 Å². The number of rotatable bonds is 5. The van der Waals surface area contributed by atoms with E-state index >= 15 is 4.39 Å². The van der Waals surface area contributed by atoms with Gasteiger partial charge in [-0.1, -0.05) is 24.3 Å². The van der Waals surface area contributed by atoms with Gasteiger partial charge in [0.05, 0.1) is 17.1 Å². The van der Waals surface area contributed by atoms with Crippen molar-refractivity contribution >= 4 is 5.65 Å². The Balaban J connectivity index is 1.40. The highest BCUT2D eigenvalue weighted by Gasteiger charge is 2.34. The fraction of sp³-hybridized carbons (Fsp3) is 0.333. The quantitative estimate of drug-likeness (QED) is 0.412. The van der Waals surface area contributed by atoms with Crippen LogP contribution in [0.15, 0.2) is 54.9 Å². The van der Waals surface area contributed by atoms with Gasteiger partial charge in [-0.05, 0) is 25.0 Å². The highest BCUT2D eigenvalue weighted by Crippen LogP contribution is 2.43. The van der Waals surface area contributed by atoms with Crippen LogP contribution in [0.1, 0.15) is 47.8 Å². The zero-order chi connectivity index (χ0) is 24.9. The summed E-state index contributed by atoms with van der Waals surface area (Å²) in [4.78, 5) is 9.06. The zero-order valence-electron chi connectivity index (χ0n) is 19.3. The minimum atomic E-state index is -2.93. The molecule has 1 fully saturated rings. The van der Waals surface area contributed by atoms with Crippen molar-refractivity contribution < 1.29 is 27.8 Å². The number of aryl methyl sites for hydroxylation is 1. The molecule has 0 saturated carbocycles. The maximum absolute atomic E-state index is 15.2. The first-order chi connectivity index (χ1) is 17.4. The van der Waals surface area contributed by atoms with Crippen LogP contribution in [0.3, 0.4) is 0 Å². The maximum Gasteiger partial charge on any atom is 0.387 e. The second kappa shape index (κ2) is 8.90. The molecule has 4 heterocycles. The van der Waals surface area contributed by atoms with Crippen LogP contribution in [0.5, 0.6) is 5.75 Å². The Morgan fingerprint density at radius 1 is 1.14 bits per heavy atom. The number of hydrogen-bond donors (Lipinski definition) is 1. The molecule has 3 aromatic heterocycles. The van der Waals surface area contributed by atoms with Crippen LogP contribution in [0, 0.1) is 5.82 Å². The molecule has 0 radical (unpaired) electrons. The molecule has 9 heteroatoms. The number of nitrogens with zero attached hydrogens (tertiary/aromatic N) is 3. The number of pyridine rings is 2. The third-order valence-electron chi connectivity index (χ3n) is 7.20. The average Bonchev–Trinajstić information content (AvgIpc) is 3.43. The summed E-state index contributed by atoms with van der Waals surface area (Å²) in [5.41, 5.74) is 3.16. The van der Waals surface area contributed by atoms with Crippen LogP contribution in [0.25, 0.3) is 16.8 Å². The lowest BCUT2D eigenvalue weighted by Crippen LogP contribution is -2.34. The molecule has 1 atom stereocenters. The van der Waals surface area contributed by atoms with E-state index in [4.69, 9.17) is 9.47 Å². The van der Waals surface area contributed by atoms with Crippen LogP contribution in [-0.2, 0) is 16.8 Å². The molecule has 0 amide bonds. The molecule has 6 rings (SSSR count). The van der Waals surface area contributed by atoms with E-state index in [9.17, 15) is 13.9 Å². The molecule has 1 N–H and O–H groups in total. The number of para-hydroxylation sites is 1. The predicted octanol–water partition coefficient (Wildman–Crippen LogP) is 5.21. The van der Waals surface area contributed by atoms with E-state index in [1.807, 2.05) is 4.40 Å². The van der Waals surface area contributed by atoms with Crippen molar-refractivity contribution in [1.29, 1.82) is 0 Å². The van der Waals surface area contributed by atoms with Gasteiger partial charge < -0.3 is 19.0 Å². The number of aliphatic hydroxyl groups is 1. The summed E-state index contributed by atoms with van der Waals surface area (Å²) in [5.74, 6) is -0.525. The van der Waals surface area contributed by atoms with Crippen LogP contribution >= 0.6 is 0 Å². The van der Waals surface area contributed by atoms with Crippen LogP contribution in [0.4, 0.5) is 13.2 Å². The van der Waals surface area contributed by atoms with Crippen molar-refractivity contribution in [2.24, 2.45) is 0 Å². The third-order valence-corrected chi connectivity index (χ3v) is 7.20. The molecule has 4 aromatic rings. The fourth-order valence-corrected chi connectivity index (χ4v) is 5.38. The van der Waals surface area contributed by atoms with Gasteiger partial charge in [0.25, 0.3) is 0 Å². The van der Waals surface area contributed by atoms with Crippen molar-refractivity contribution in [3.63, 3.8) is 0 Å². The van der Waals surface area contributed by atoms with Crippen LogP contribution < -0.4 is 4.74 Å². The summed E-state index contributed by atoms with van der Waals surface area (Å²) >= 11 is 0. The van der Waals surface area contributed by atoms with Crippen molar-refractivity contribution in [2.75, 3.05) is 13.2 Å². The van der Waals surface area contributed by atoms with E-state index in [0.29, 0.717) is 66.9 Å². The number of aromatic nitrogens is 3. The molecular formula is C27H24F3N3O3. The van der Waals surface area contributed by atoms with Crippen molar-refractivity contribution in [1.82, 2.24) is 14.4 Å². The van der Waals surface area contributed by atoms with E-state index in [1.54, 1.807) is 42.7 Å². The predicted molar refractivity (Wildman–Crippen MR) is 126 cm³/mol. The number of fused-ring (bicyclic) bond motifs is 3. The number of alkyl halides is 2. The van der Waals surface area contributed by atoms with Gasteiger partial charge in [0.1, 0.15) is 22.8 Å². The highest BCUT2D eigenvalue weighted by atomic mass is 19.3. The summed E-state index contributed by atoms with van der Waals surface area (Å²) < 4.78 is 53.2. The Bertz CT molecular complexity index is 1420. The lowest BCUT2D eigenvalue weighted by Gasteiger charge is -2.31. The second-order valence-corrected chi connectivity index (χ2v) is 9.29. The first kappa shape index (κ1) is 23.0. The van der Waals surface area contributed by atoms with Gasteiger partial charge in [0.2, 0.25) is 0 Å². The largest absolute Gasteiger partial charge is 0.435 e. The van der Waals surface area contributed by atoms with Gasteiger partial charge in [0, 0.05) is 67.1 Å². The third kappa shape index (κ3) is 3.92. The van der Waals surface area contributed by atoms with Gasteiger partial charge in [-0.2, -0.15) is 8.78 Å². The summed E-state index contributed by atoms with van der Waals surface area (Å²) in [6.07, 6.45) is 5.51. The van der Waals surface area contributed by atoms with Crippen LogP contribution in [-0.4, -0.2) is 39.3 Å². The molecule has 2 aliphatic rings. The van der Waals surface area contributed by atoms with E-state index in [1.165, 1.54) is 12.1 Å². The molecule has 1 aliphatic carbocycles. The Kier molecular flexibility index (Phi) is 5.69. The van der Waals surface area contributed by atoms with Gasteiger partial charge in [-0.15, -0.1) is 0 Å². The number of halogens is 3. The standard InChI is InChI=1S/C27H24F3N3O3/c28-20-13-24-32-21-7-6-18(17-3-1-2-4-22(17)36-26(29)30)25(21)33(24)15-19(20)16-5-8-23(31-14-16)27(34)9-11-35-12-10-27/h1-5,8,13-15,18,26,34H,6-7,9-12H2/t18-/m1/s1. The molecule has 1 saturated heterocycles. The summed E-state index contributed by atoms with van der Waals surface area (Å²) in [5, 5.41) is 10.9. The maximum atomic E-state index is 15.2. The molecule has 0 spiro atoms. The fourth-order valence-electron chi connectivity index (χ4n) is 5.38. The van der Waals surface area contributed by atoms with Crippen molar-refractivity contribution in [3.05, 3.63) is 83.3 Å². The number of benzene rings is 1. The second-order valence-electron chi connectivity index (χ2n) is 9.29. The monoisotopic (exact) mass is 495 g/mol. The van der Waals surface area contributed by atoms with Gasteiger partial charge in [-0.25, -0.2) is 9.37 Å². The first-order valence-electron chi connectivity index (χ1n) is 11.9. The lowest BCUT2D eigenvalue weighted by molar-refractivity contribution is -0.0705. The average molecular weight is 496 g/mol. The highest BCUT2D eigenvalue weighted by molar-refractivity contribution is 5.66. The lowest BCUT2D eigenvalue weighted by atomic mass is 9.90. The SMILES string of the molecule is OC1(c2ccc(-c3cn4c5c(nc4cc3F)CC[C@@H]5c3ccccc3OC(F)F)cn2)CCOCC1. The molecule has 186 valence electrons. The Labute approximate surface area is 205 Å². The van der Waals surface area contributed by atoms with E-state index in [0.717, 1.165) is 11.4 Å². The molecule has 6 nitrogen and oxygen atoms in total. The normalized spacial score (nSPS) is 19.1. The van der Waals surface area contributed by atoms with E-state index in [2.05, 4.69) is 9.97 Å². The number of imidazole rings is 1. The Morgan fingerprint density at radius 2 is 1.94 bits per heavy atom. The summed E-state index contributed by atoms with van der Waals surface area (Å²) in [6.45, 7) is -2.00. The molecule has 36 heavy (non-hydrogen) atoms. The minimum absolute atomic E-state index is 0.133. The molecule has 1 aromatic carbocycles.